The van der Waals surface area contributed by atoms with E-state index in [2.05, 4.69) is 143 Å². The lowest BCUT2D eigenvalue weighted by Gasteiger charge is -2.08. The largest absolute Gasteiger partial charge is 0.354 e. The molecule has 0 amide bonds. The zero-order valence-corrected chi connectivity index (χ0v) is 22.8. The molecule has 0 aliphatic carbocycles. The van der Waals surface area contributed by atoms with E-state index in [-0.39, 0.29) is 0 Å². The first-order chi connectivity index (χ1) is 19.3. The highest BCUT2D eigenvalue weighted by Gasteiger charge is 2.11. The Balaban J connectivity index is 1.07. The van der Waals surface area contributed by atoms with E-state index < -0.39 is 9.52 Å². The molecule has 0 saturated heterocycles. The molecule has 0 bridgehead atoms. The van der Waals surface area contributed by atoms with E-state index in [1.807, 2.05) is 0 Å². The van der Waals surface area contributed by atoms with Gasteiger partial charge in [-0.1, -0.05) is 132 Å². The Morgan fingerprint density at radius 2 is 0.769 bits per heavy atom. The van der Waals surface area contributed by atoms with E-state index >= 15 is 0 Å². The summed E-state index contributed by atoms with van der Waals surface area (Å²) in [6, 6.07) is 48.7. The van der Waals surface area contributed by atoms with Crippen molar-refractivity contribution >= 4 is 63.5 Å². The van der Waals surface area contributed by atoms with Crippen molar-refractivity contribution in [2.24, 2.45) is 0 Å². The van der Waals surface area contributed by atoms with Crippen molar-refractivity contribution in [2.45, 2.75) is 0 Å². The van der Waals surface area contributed by atoms with Gasteiger partial charge in [0, 0.05) is 43.7 Å². The smallest absolute Gasteiger partial charge is 0.0875 e. The molecule has 184 valence electrons. The molecule has 2 aromatic heterocycles. The van der Waals surface area contributed by atoms with Gasteiger partial charge in [0.1, 0.15) is 0 Å². The number of H-pyrrole nitrogens is 2. The first-order valence-electron chi connectivity index (χ1n) is 13.5. The van der Waals surface area contributed by atoms with Crippen LogP contribution in [0.15, 0.2) is 133 Å². The first-order valence-corrected chi connectivity index (χ1v) is 14.9. The van der Waals surface area contributed by atoms with E-state index in [1.54, 1.807) is 0 Å². The van der Waals surface area contributed by atoms with Gasteiger partial charge in [0.05, 0.1) is 20.6 Å². The van der Waals surface area contributed by atoms with Crippen LogP contribution in [0.2, 0.25) is 0 Å². The second-order valence-electron chi connectivity index (χ2n) is 10.4. The van der Waals surface area contributed by atoms with E-state index in [0.717, 1.165) is 0 Å². The summed E-state index contributed by atoms with van der Waals surface area (Å²) < 4.78 is 0. The minimum atomic E-state index is -0.563. The quantitative estimate of drug-likeness (QED) is 0.229. The summed E-state index contributed by atoms with van der Waals surface area (Å²) in [6.45, 7) is 0. The summed E-state index contributed by atoms with van der Waals surface area (Å²) in [5, 5.41) is 8.03. The summed E-state index contributed by atoms with van der Waals surface area (Å²) >= 11 is 0. The van der Waals surface area contributed by atoms with E-state index in [1.165, 1.54) is 76.2 Å². The number of rotatable bonds is 4. The highest BCUT2D eigenvalue weighted by atomic mass is 28.2. The summed E-state index contributed by atoms with van der Waals surface area (Å²) in [4.78, 5) is 7.29. The third-order valence-corrected chi connectivity index (χ3v) is 9.78. The van der Waals surface area contributed by atoms with Crippen molar-refractivity contribution in [3.8, 4) is 22.3 Å². The molecule has 6 aromatic carbocycles. The maximum atomic E-state index is 3.64. The maximum absolute atomic E-state index is 3.64. The second kappa shape index (κ2) is 8.86. The molecule has 8 rings (SSSR count). The molecular formula is C36H26N2Si. The van der Waals surface area contributed by atoms with Gasteiger partial charge in [-0.25, -0.2) is 0 Å². The zero-order chi connectivity index (χ0) is 25.8. The Morgan fingerprint density at radius 3 is 1.23 bits per heavy atom. The van der Waals surface area contributed by atoms with Crippen molar-refractivity contribution in [3.63, 3.8) is 0 Å². The fourth-order valence-corrected chi connectivity index (χ4v) is 7.48. The molecule has 0 radical (unpaired) electrons. The van der Waals surface area contributed by atoms with Crippen LogP contribution in [0, 0.1) is 0 Å². The van der Waals surface area contributed by atoms with Crippen molar-refractivity contribution in [3.05, 3.63) is 133 Å². The number of aromatic amines is 2. The molecule has 0 aliphatic heterocycles. The topological polar surface area (TPSA) is 31.6 Å². The maximum Gasteiger partial charge on any atom is 0.0875 e. The van der Waals surface area contributed by atoms with Crippen LogP contribution in [0.25, 0.3) is 65.9 Å². The van der Waals surface area contributed by atoms with Gasteiger partial charge >= 0.3 is 0 Å². The van der Waals surface area contributed by atoms with Gasteiger partial charge in [-0.05, 0) is 23.3 Å². The van der Waals surface area contributed by atoms with Crippen LogP contribution in [0.5, 0.6) is 0 Å². The minimum Gasteiger partial charge on any atom is -0.354 e. The second-order valence-corrected chi connectivity index (χ2v) is 12.4. The lowest BCUT2D eigenvalue weighted by atomic mass is 10.0. The summed E-state index contributed by atoms with van der Waals surface area (Å²) in [6.07, 6.45) is 0. The highest BCUT2D eigenvalue weighted by molar-refractivity contribution is 6.67. The van der Waals surface area contributed by atoms with E-state index in [9.17, 15) is 0 Å². The fraction of sp³-hybridized carbons (Fsp3) is 0. The molecular weight excluding hydrogens is 488 g/mol. The Morgan fingerprint density at radius 1 is 0.359 bits per heavy atom. The monoisotopic (exact) mass is 514 g/mol. The predicted octanol–water partition coefficient (Wildman–Crippen LogP) is 7.41. The van der Waals surface area contributed by atoms with E-state index in [4.69, 9.17) is 0 Å². The van der Waals surface area contributed by atoms with Crippen LogP contribution in [-0.2, 0) is 0 Å². The number of hydrogen-bond donors (Lipinski definition) is 2. The number of para-hydroxylation sites is 4. The van der Waals surface area contributed by atoms with Crippen molar-refractivity contribution < 1.29 is 0 Å². The lowest BCUT2D eigenvalue weighted by molar-refractivity contribution is 1.54. The number of nitrogens with one attached hydrogen (secondary N) is 2. The van der Waals surface area contributed by atoms with Crippen LogP contribution >= 0.6 is 0 Å². The summed E-state index contributed by atoms with van der Waals surface area (Å²) in [5.41, 5.74) is 9.83. The van der Waals surface area contributed by atoms with Gasteiger partial charge in [-0.3, -0.25) is 0 Å². The summed E-state index contributed by atoms with van der Waals surface area (Å²) in [7, 11) is -0.563. The van der Waals surface area contributed by atoms with Gasteiger partial charge in [0.25, 0.3) is 0 Å². The van der Waals surface area contributed by atoms with Crippen LogP contribution in [-0.4, -0.2) is 19.5 Å². The SMILES string of the molecule is c1ccc2c(c1)[nH]c1c(-c3ccc([SiH2]c4ccc(-c5cccc6c5[nH]c5ccccc56)cc4)cc3)cccc12. The molecule has 0 fully saturated rings. The lowest BCUT2D eigenvalue weighted by Crippen LogP contribution is -2.26. The van der Waals surface area contributed by atoms with Crippen molar-refractivity contribution in [1.82, 2.24) is 9.97 Å². The molecule has 0 atom stereocenters. The van der Waals surface area contributed by atoms with Gasteiger partial charge in [0.15, 0.2) is 0 Å². The Kier molecular flexibility index (Phi) is 5.03. The minimum absolute atomic E-state index is 0.563. The van der Waals surface area contributed by atoms with Gasteiger partial charge in [-0.15, -0.1) is 0 Å². The standard InChI is InChI=1S/C36H26N2Si/c1-3-13-33-29(7-1)31-11-5-9-27(35(31)37-33)23-15-19-25(20-16-23)39-26-21-17-24(18-22-26)28-10-6-12-32-30-8-2-4-14-34(30)38-36(28)32/h1-22,37-38H,39H2. The van der Waals surface area contributed by atoms with Crippen LogP contribution in [0.1, 0.15) is 0 Å². The molecule has 0 unspecified atom stereocenters. The highest BCUT2D eigenvalue weighted by Crippen LogP contribution is 2.34. The van der Waals surface area contributed by atoms with Gasteiger partial charge in [0.2, 0.25) is 0 Å². The van der Waals surface area contributed by atoms with Crippen LogP contribution < -0.4 is 10.4 Å². The zero-order valence-electron chi connectivity index (χ0n) is 21.4. The third kappa shape index (κ3) is 3.70. The third-order valence-electron chi connectivity index (χ3n) is 8.02. The van der Waals surface area contributed by atoms with Crippen molar-refractivity contribution in [2.75, 3.05) is 0 Å². The first kappa shape index (κ1) is 22.2. The van der Waals surface area contributed by atoms with Crippen molar-refractivity contribution in [1.29, 1.82) is 0 Å². The molecule has 3 heteroatoms. The van der Waals surface area contributed by atoms with Gasteiger partial charge < -0.3 is 9.97 Å². The molecule has 2 heterocycles. The molecule has 0 saturated carbocycles. The average Bonchev–Trinajstić information content (AvgIpc) is 3.57. The number of hydrogen-bond acceptors (Lipinski definition) is 0. The van der Waals surface area contributed by atoms with Crippen LogP contribution in [0.3, 0.4) is 0 Å². The number of aromatic nitrogens is 2. The number of fused-ring (bicyclic) bond motifs is 6. The van der Waals surface area contributed by atoms with E-state index in [0.29, 0.717) is 0 Å². The predicted molar refractivity (Wildman–Crippen MR) is 170 cm³/mol. The summed E-state index contributed by atoms with van der Waals surface area (Å²) in [5.74, 6) is 0. The Labute approximate surface area is 228 Å². The van der Waals surface area contributed by atoms with Gasteiger partial charge in [-0.2, -0.15) is 0 Å². The molecule has 0 aliphatic rings. The molecule has 0 spiro atoms. The molecule has 39 heavy (non-hydrogen) atoms. The molecule has 8 aromatic rings. The molecule has 2 N–H and O–H groups in total. The van der Waals surface area contributed by atoms with Crippen LogP contribution in [0.4, 0.5) is 0 Å². The normalized spacial score (nSPS) is 11.7. The Hall–Kier alpha value is -4.86. The average molecular weight is 515 g/mol. The fourth-order valence-electron chi connectivity index (χ4n) is 6.07. The number of benzene rings is 6. The Bertz CT molecular complexity index is 1980. The molecule has 2 nitrogen and oxygen atoms in total.